The Balaban J connectivity index is 1.95. The van der Waals surface area contributed by atoms with Crippen LogP contribution in [-0.4, -0.2) is 15.7 Å². The Morgan fingerprint density at radius 1 is 1.27 bits per heavy atom. The Hall–Kier alpha value is -2.34. The number of fused-ring (bicyclic) bond motifs is 1. The van der Waals surface area contributed by atoms with Gasteiger partial charge in [-0.1, -0.05) is 12.1 Å². The molecule has 0 amide bonds. The fourth-order valence-electron chi connectivity index (χ4n) is 2.18. The summed E-state index contributed by atoms with van der Waals surface area (Å²) < 4.78 is 13.3. The molecule has 0 atom stereocenters. The maximum atomic E-state index is 13.3. The topological polar surface area (TPSA) is 50.2 Å². The first-order chi connectivity index (χ1) is 10.6. The van der Waals surface area contributed by atoms with E-state index in [-0.39, 0.29) is 5.82 Å². The lowest BCUT2D eigenvalue weighted by Crippen LogP contribution is -2.02. The number of hydrogen-bond acceptors (Lipinski definition) is 5. The van der Waals surface area contributed by atoms with Crippen molar-refractivity contribution >= 4 is 33.1 Å². The van der Waals surface area contributed by atoms with E-state index in [0.717, 1.165) is 21.3 Å². The molecule has 2 heterocycles. The lowest BCUT2D eigenvalue weighted by molar-refractivity contribution is 0.627. The van der Waals surface area contributed by atoms with Crippen molar-refractivity contribution in [3.05, 3.63) is 52.4 Å². The SMILES string of the molecule is C/C(=N\Nc1ncnc2sc(C)c(C)c12)c1cccc(F)c1. The fraction of sp³-hybridized carbons (Fsp3) is 0.188. The van der Waals surface area contributed by atoms with Gasteiger partial charge in [0.1, 0.15) is 17.0 Å². The highest BCUT2D eigenvalue weighted by Crippen LogP contribution is 2.32. The molecule has 1 aromatic carbocycles. The van der Waals surface area contributed by atoms with Gasteiger partial charge in [-0.05, 0) is 38.5 Å². The van der Waals surface area contributed by atoms with E-state index in [1.807, 2.05) is 19.9 Å². The first-order valence-corrected chi connectivity index (χ1v) is 7.65. The van der Waals surface area contributed by atoms with Crippen LogP contribution in [0.4, 0.5) is 10.2 Å². The van der Waals surface area contributed by atoms with E-state index in [0.29, 0.717) is 11.5 Å². The maximum absolute atomic E-state index is 13.3. The van der Waals surface area contributed by atoms with Gasteiger partial charge in [0.25, 0.3) is 0 Å². The number of benzene rings is 1. The molecule has 22 heavy (non-hydrogen) atoms. The van der Waals surface area contributed by atoms with E-state index in [1.54, 1.807) is 17.4 Å². The highest BCUT2D eigenvalue weighted by molar-refractivity contribution is 7.18. The average molecular weight is 314 g/mol. The summed E-state index contributed by atoms with van der Waals surface area (Å²) in [5.74, 6) is 0.392. The minimum Gasteiger partial charge on any atom is -0.260 e. The summed E-state index contributed by atoms with van der Waals surface area (Å²) >= 11 is 1.64. The van der Waals surface area contributed by atoms with E-state index in [2.05, 4.69) is 27.4 Å². The van der Waals surface area contributed by atoms with Gasteiger partial charge < -0.3 is 0 Å². The van der Waals surface area contributed by atoms with Gasteiger partial charge in [0.2, 0.25) is 0 Å². The lowest BCUT2D eigenvalue weighted by Gasteiger charge is -2.05. The summed E-state index contributed by atoms with van der Waals surface area (Å²) in [6.07, 6.45) is 1.52. The number of thiophene rings is 1. The second-order valence-electron chi connectivity index (χ2n) is 5.01. The molecule has 0 fully saturated rings. The zero-order valence-corrected chi connectivity index (χ0v) is 13.3. The molecular weight excluding hydrogens is 299 g/mol. The highest BCUT2D eigenvalue weighted by Gasteiger charge is 2.11. The van der Waals surface area contributed by atoms with Crippen LogP contribution in [0, 0.1) is 19.7 Å². The summed E-state index contributed by atoms with van der Waals surface area (Å²) in [6, 6.07) is 6.35. The number of hydrazone groups is 1. The third kappa shape index (κ3) is 2.69. The van der Waals surface area contributed by atoms with Gasteiger partial charge in [-0.3, -0.25) is 5.43 Å². The predicted molar refractivity (Wildman–Crippen MR) is 89.1 cm³/mol. The van der Waals surface area contributed by atoms with Crippen LogP contribution in [0.25, 0.3) is 10.2 Å². The molecule has 0 saturated carbocycles. The first-order valence-electron chi connectivity index (χ1n) is 6.83. The third-order valence-corrected chi connectivity index (χ3v) is 4.65. The summed E-state index contributed by atoms with van der Waals surface area (Å²) in [5, 5.41) is 5.31. The monoisotopic (exact) mass is 314 g/mol. The fourth-order valence-corrected chi connectivity index (χ4v) is 3.18. The standard InChI is InChI=1S/C16H15FN4S/c1-9-11(3)22-16-14(9)15(18-8-19-16)21-20-10(2)12-5-4-6-13(17)7-12/h4-8H,1-3H3,(H,18,19,21)/b20-10+. The van der Waals surface area contributed by atoms with E-state index >= 15 is 0 Å². The van der Waals surface area contributed by atoms with Crippen LogP contribution in [0.3, 0.4) is 0 Å². The number of nitrogens with zero attached hydrogens (tertiary/aromatic N) is 3. The van der Waals surface area contributed by atoms with Crippen molar-refractivity contribution in [3.8, 4) is 0 Å². The van der Waals surface area contributed by atoms with Gasteiger partial charge in [0, 0.05) is 10.4 Å². The molecule has 2 aromatic heterocycles. The Bertz CT molecular complexity index is 870. The molecule has 0 aliphatic rings. The minimum absolute atomic E-state index is 0.277. The molecule has 0 radical (unpaired) electrons. The van der Waals surface area contributed by atoms with Gasteiger partial charge >= 0.3 is 0 Å². The van der Waals surface area contributed by atoms with Crippen molar-refractivity contribution in [1.29, 1.82) is 0 Å². The largest absolute Gasteiger partial charge is 0.260 e. The van der Waals surface area contributed by atoms with Crippen molar-refractivity contribution in [2.24, 2.45) is 5.10 Å². The van der Waals surface area contributed by atoms with Crippen LogP contribution in [0.1, 0.15) is 22.9 Å². The van der Waals surface area contributed by atoms with Crippen LogP contribution in [0.15, 0.2) is 35.7 Å². The second-order valence-corrected chi connectivity index (χ2v) is 6.21. The van der Waals surface area contributed by atoms with Crippen molar-refractivity contribution in [1.82, 2.24) is 9.97 Å². The van der Waals surface area contributed by atoms with Crippen molar-refractivity contribution < 1.29 is 4.39 Å². The van der Waals surface area contributed by atoms with Gasteiger partial charge in [-0.15, -0.1) is 11.3 Å². The number of hydrogen-bond donors (Lipinski definition) is 1. The van der Waals surface area contributed by atoms with Crippen LogP contribution in [0.5, 0.6) is 0 Å². The molecule has 3 aromatic rings. The minimum atomic E-state index is -0.277. The summed E-state index contributed by atoms with van der Waals surface area (Å²) in [7, 11) is 0. The van der Waals surface area contributed by atoms with Crippen molar-refractivity contribution in [3.63, 3.8) is 0 Å². The smallest absolute Gasteiger partial charge is 0.158 e. The van der Waals surface area contributed by atoms with E-state index < -0.39 is 0 Å². The summed E-state index contributed by atoms with van der Waals surface area (Å²) in [5.41, 5.74) is 5.56. The quantitative estimate of drug-likeness (QED) is 0.580. The van der Waals surface area contributed by atoms with Crippen LogP contribution in [0.2, 0.25) is 0 Å². The molecule has 0 unspecified atom stereocenters. The molecule has 6 heteroatoms. The second kappa shape index (κ2) is 5.81. The van der Waals surface area contributed by atoms with Gasteiger partial charge in [0.15, 0.2) is 5.82 Å². The number of nitrogens with one attached hydrogen (secondary N) is 1. The Morgan fingerprint density at radius 3 is 2.86 bits per heavy atom. The van der Waals surface area contributed by atoms with E-state index in [1.165, 1.54) is 23.3 Å². The third-order valence-electron chi connectivity index (χ3n) is 3.54. The van der Waals surface area contributed by atoms with Crippen LogP contribution < -0.4 is 5.43 Å². The molecule has 0 aliphatic heterocycles. The molecule has 112 valence electrons. The zero-order valence-electron chi connectivity index (χ0n) is 12.5. The lowest BCUT2D eigenvalue weighted by atomic mass is 10.1. The Morgan fingerprint density at radius 2 is 2.09 bits per heavy atom. The molecule has 1 N–H and O–H groups in total. The molecular formula is C16H15FN4S. The highest BCUT2D eigenvalue weighted by atomic mass is 32.1. The molecule has 0 saturated heterocycles. The van der Waals surface area contributed by atoms with Crippen LogP contribution in [-0.2, 0) is 0 Å². The average Bonchev–Trinajstić information content (AvgIpc) is 2.80. The Labute approximate surface area is 131 Å². The summed E-state index contributed by atoms with van der Waals surface area (Å²) in [4.78, 5) is 10.7. The molecule has 3 rings (SSSR count). The van der Waals surface area contributed by atoms with Crippen molar-refractivity contribution in [2.75, 3.05) is 5.43 Å². The normalized spacial score (nSPS) is 11.9. The van der Waals surface area contributed by atoms with E-state index in [4.69, 9.17) is 0 Å². The molecule has 4 nitrogen and oxygen atoms in total. The maximum Gasteiger partial charge on any atom is 0.158 e. The van der Waals surface area contributed by atoms with Crippen molar-refractivity contribution in [2.45, 2.75) is 20.8 Å². The number of rotatable bonds is 3. The molecule has 0 bridgehead atoms. The zero-order chi connectivity index (χ0) is 15.7. The Kier molecular flexibility index (Phi) is 3.85. The van der Waals surface area contributed by atoms with Gasteiger partial charge in [-0.2, -0.15) is 5.10 Å². The van der Waals surface area contributed by atoms with Gasteiger partial charge in [0.05, 0.1) is 11.1 Å². The number of aromatic nitrogens is 2. The predicted octanol–water partition coefficient (Wildman–Crippen LogP) is 4.28. The first kappa shape index (κ1) is 14.6. The van der Waals surface area contributed by atoms with Gasteiger partial charge in [-0.25, -0.2) is 14.4 Å². The number of aryl methyl sites for hydroxylation is 2. The number of halogens is 1. The number of anilines is 1. The molecule has 0 aliphatic carbocycles. The molecule has 0 spiro atoms. The van der Waals surface area contributed by atoms with E-state index in [9.17, 15) is 4.39 Å². The van der Waals surface area contributed by atoms with Crippen LogP contribution >= 0.6 is 11.3 Å². The summed E-state index contributed by atoms with van der Waals surface area (Å²) in [6.45, 7) is 5.93.